The van der Waals surface area contributed by atoms with Crippen LogP contribution in [0.4, 0.5) is 4.39 Å². The van der Waals surface area contributed by atoms with Crippen LogP contribution in [0.3, 0.4) is 0 Å². The maximum Gasteiger partial charge on any atom is 0.341 e. The highest BCUT2D eigenvalue weighted by atomic mass is 19.1. The zero-order valence-corrected chi connectivity index (χ0v) is 10.9. The number of esters is 1. The third-order valence-electron chi connectivity index (χ3n) is 3.92. The van der Waals surface area contributed by atoms with E-state index in [1.165, 1.54) is 12.1 Å². The Morgan fingerprint density at radius 2 is 1.94 bits per heavy atom. The number of carbonyl (C=O) groups is 1. The molecule has 3 heteroatoms. The number of halogens is 1. The van der Waals surface area contributed by atoms with Crippen LogP contribution in [0.2, 0.25) is 0 Å². The largest absolute Gasteiger partial charge is 0.459 e. The molecule has 3 unspecified atom stereocenters. The molecule has 2 nitrogen and oxygen atoms in total. The van der Waals surface area contributed by atoms with E-state index < -0.39 is 11.8 Å². The first kappa shape index (κ1) is 13.1. The summed E-state index contributed by atoms with van der Waals surface area (Å²) < 4.78 is 18.8. The Kier molecular flexibility index (Phi) is 4.00. The quantitative estimate of drug-likeness (QED) is 0.746. The second-order valence-electron chi connectivity index (χ2n) is 5.27. The molecule has 3 atom stereocenters. The van der Waals surface area contributed by atoms with Gasteiger partial charge in [0.05, 0.1) is 5.56 Å². The fraction of sp³-hybridized carbons (Fsp3) is 0.533. The summed E-state index contributed by atoms with van der Waals surface area (Å²) in [6.07, 6.45) is 2.76. The van der Waals surface area contributed by atoms with E-state index in [9.17, 15) is 9.18 Å². The van der Waals surface area contributed by atoms with Gasteiger partial charge >= 0.3 is 5.97 Å². The predicted molar refractivity (Wildman–Crippen MR) is 67.8 cm³/mol. The molecular formula is C15H19FO2. The molecular weight excluding hydrogens is 231 g/mol. The minimum Gasteiger partial charge on any atom is -0.459 e. The number of hydrogen-bond donors (Lipinski definition) is 0. The summed E-state index contributed by atoms with van der Waals surface area (Å²) in [4.78, 5) is 11.9. The van der Waals surface area contributed by atoms with Gasteiger partial charge in [0.1, 0.15) is 11.9 Å². The van der Waals surface area contributed by atoms with E-state index in [0.717, 1.165) is 19.3 Å². The third-order valence-corrected chi connectivity index (χ3v) is 3.92. The summed E-state index contributed by atoms with van der Waals surface area (Å²) in [5, 5.41) is 0. The molecule has 0 saturated heterocycles. The second-order valence-corrected chi connectivity index (χ2v) is 5.27. The smallest absolute Gasteiger partial charge is 0.341 e. The van der Waals surface area contributed by atoms with E-state index in [2.05, 4.69) is 13.8 Å². The van der Waals surface area contributed by atoms with Crippen molar-refractivity contribution in [3.05, 3.63) is 35.6 Å². The maximum atomic E-state index is 13.4. The Bertz CT molecular complexity index is 430. The molecule has 0 heterocycles. The number of hydrogen-bond acceptors (Lipinski definition) is 2. The molecule has 1 fully saturated rings. The number of benzene rings is 1. The average Bonchev–Trinajstić information content (AvgIpc) is 2.34. The normalized spacial score (nSPS) is 27.8. The molecule has 1 aromatic rings. The molecule has 1 aromatic carbocycles. The molecule has 0 N–H and O–H groups in total. The fourth-order valence-electron chi connectivity index (χ4n) is 2.45. The summed E-state index contributed by atoms with van der Waals surface area (Å²) in [5.74, 6) is 0.171. The average molecular weight is 250 g/mol. The van der Waals surface area contributed by atoms with Crippen molar-refractivity contribution < 1.29 is 13.9 Å². The van der Waals surface area contributed by atoms with Gasteiger partial charge in [-0.25, -0.2) is 9.18 Å². The topological polar surface area (TPSA) is 26.3 Å². The zero-order chi connectivity index (χ0) is 13.1. The van der Waals surface area contributed by atoms with E-state index in [1.54, 1.807) is 12.1 Å². The number of rotatable bonds is 2. The van der Waals surface area contributed by atoms with Crippen molar-refractivity contribution in [2.75, 3.05) is 0 Å². The van der Waals surface area contributed by atoms with Gasteiger partial charge < -0.3 is 4.74 Å². The summed E-state index contributed by atoms with van der Waals surface area (Å²) in [6, 6.07) is 5.95. The van der Waals surface area contributed by atoms with Gasteiger partial charge in [-0.3, -0.25) is 0 Å². The van der Waals surface area contributed by atoms with Crippen molar-refractivity contribution in [1.82, 2.24) is 0 Å². The van der Waals surface area contributed by atoms with Crippen LogP contribution in [0.25, 0.3) is 0 Å². The minimum absolute atomic E-state index is 0.0313. The van der Waals surface area contributed by atoms with Crippen LogP contribution < -0.4 is 0 Å². The molecule has 2 rings (SSSR count). The van der Waals surface area contributed by atoms with Crippen molar-refractivity contribution >= 4 is 5.97 Å². The Morgan fingerprint density at radius 3 is 2.61 bits per heavy atom. The van der Waals surface area contributed by atoms with Crippen molar-refractivity contribution in [2.45, 2.75) is 39.2 Å². The third kappa shape index (κ3) is 2.89. The first-order valence-corrected chi connectivity index (χ1v) is 6.53. The van der Waals surface area contributed by atoms with Gasteiger partial charge in [0.2, 0.25) is 0 Å². The van der Waals surface area contributed by atoms with Gasteiger partial charge in [-0.05, 0) is 43.2 Å². The van der Waals surface area contributed by atoms with Crippen LogP contribution >= 0.6 is 0 Å². The van der Waals surface area contributed by atoms with Crippen LogP contribution in [-0.2, 0) is 4.74 Å². The first-order chi connectivity index (χ1) is 8.58. The highest BCUT2D eigenvalue weighted by Gasteiger charge is 2.27. The lowest BCUT2D eigenvalue weighted by molar-refractivity contribution is 0.00834. The summed E-state index contributed by atoms with van der Waals surface area (Å²) >= 11 is 0. The van der Waals surface area contributed by atoms with Crippen LogP contribution in [0.15, 0.2) is 24.3 Å². The van der Waals surface area contributed by atoms with E-state index >= 15 is 0 Å². The minimum atomic E-state index is -0.542. The Balaban J connectivity index is 1.98. The van der Waals surface area contributed by atoms with Gasteiger partial charge in [-0.15, -0.1) is 0 Å². The van der Waals surface area contributed by atoms with Crippen molar-refractivity contribution in [2.24, 2.45) is 11.8 Å². The van der Waals surface area contributed by atoms with Crippen molar-refractivity contribution in [3.8, 4) is 0 Å². The SMILES string of the molecule is CC1CCC(OC(=O)c2ccccc2F)CC1C. The van der Waals surface area contributed by atoms with Gasteiger partial charge in [0.15, 0.2) is 0 Å². The monoisotopic (exact) mass is 250 g/mol. The van der Waals surface area contributed by atoms with Crippen molar-refractivity contribution in [3.63, 3.8) is 0 Å². The van der Waals surface area contributed by atoms with Crippen LogP contribution in [0.1, 0.15) is 43.5 Å². The van der Waals surface area contributed by atoms with E-state index in [1.807, 2.05) is 0 Å². The Hall–Kier alpha value is -1.38. The van der Waals surface area contributed by atoms with Gasteiger partial charge in [0, 0.05) is 0 Å². The predicted octanol–water partition coefficient (Wildman–Crippen LogP) is 3.81. The molecule has 18 heavy (non-hydrogen) atoms. The molecule has 0 aliphatic heterocycles. The number of ether oxygens (including phenoxy) is 1. The highest BCUT2D eigenvalue weighted by molar-refractivity contribution is 5.89. The molecule has 1 aliphatic rings. The fourth-order valence-corrected chi connectivity index (χ4v) is 2.45. The maximum absolute atomic E-state index is 13.4. The van der Waals surface area contributed by atoms with Gasteiger partial charge in [0.25, 0.3) is 0 Å². The number of carbonyl (C=O) groups excluding carboxylic acids is 1. The van der Waals surface area contributed by atoms with Gasteiger partial charge in [-0.1, -0.05) is 26.0 Å². The Labute approximate surface area is 107 Å². The van der Waals surface area contributed by atoms with Crippen LogP contribution in [-0.4, -0.2) is 12.1 Å². The van der Waals surface area contributed by atoms with Crippen LogP contribution in [0.5, 0.6) is 0 Å². The molecule has 0 aromatic heterocycles. The molecule has 1 saturated carbocycles. The lowest BCUT2D eigenvalue weighted by Gasteiger charge is -2.31. The summed E-state index contributed by atoms with van der Waals surface area (Å²) in [7, 11) is 0. The second kappa shape index (κ2) is 5.51. The first-order valence-electron chi connectivity index (χ1n) is 6.53. The molecule has 0 radical (unpaired) electrons. The van der Waals surface area contributed by atoms with Crippen molar-refractivity contribution in [1.29, 1.82) is 0 Å². The molecule has 0 bridgehead atoms. The molecule has 0 spiro atoms. The summed E-state index contributed by atoms with van der Waals surface area (Å²) in [6.45, 7) is 4.40. The van der Waals surface area contributed by atoms with E-state index in [4.69, 9.17) is 4.74 Å². The van der Waals surface area contributed by atoms with E-state index in [0.29, 0.717) is 11.8 Å². The lowest BCUT2D eigenvalue weighted by Crippen LogP contribution is -2.28. The zero-order valence-electron chi connectivity index (χ0n) is 10.9. The lowest BCUT2D eigenvalue weighted by atomic mass is 9.80. The summed E-state index contributed by atoms with van der Waals surface area (Å²) in [5.41, 5.74) is 0.0313. The highest BCUT2D eigenvalue weighted by Crippen LogP contribution is 2.31. The molecule has 98 valence electrons. The standard InChI is InChI=1S/C15H19FO2/c1-10-7-8-12(9-11(10)2)18-15(17)13-5-3-4-6-14(13)16/h3-6,10-12H,7-9H2,1-2H3. The molecule has 1 aliphatic carbocycles. The molecule has 0 amide bonds. The Morgan fingerprint density at radius 1 is 1.22 bits per heavy atom. The van der Waals surface area contributed by atoms with Crippen LogP contribution in [0, 0.1) is 17.7 Å². The van der Waals surface area contributed by atoms with Gasteiger partial charge in [-0.2, -0.15) is 0 Å². The van der Waals surface area contributed by atoms with E-state index in [-0.39, 0.29) is 11.7 Å².